The molecule has 4 aromatic rings. The summed E-state index contributed by atoms with van der Waals surface area (Å²) in [6, 6.07) is 30.0. The Morgan fingerprint density at radius 3 is 1.74 bits per heavy atom. The van der Waals surface area contributed by atoms with Crippen LogP contribution in [0.15, 0.2) is 103 Å². The van der Waals surface area contributed by atoms with Crippen LogP contribution < -0.4 is 16.0 Å². The molecule has 4 N–H and O–H groups in total. The fraction of sp³-hybridized carbons (Fsp3) is 0.353. The predicted octanol–water partition coefficient (Wildman–Crippen LogP) is 4.37. The Morgan fingerprint density at radius 2 is 1.26 bits per heavy atom. The summed E-state index contributed by atoms with van der Waals surface area (Å²) in [4.78, 5) is 11.3. The average Bonchev–Trinajstić information content (AvgIpc) is 3.03. The van der Waals surface area contributed by atoms with Crippen LogP contribution in [0.25, 0.3) is 0 Å². The van der Waals surface area contributed by atoms with Crippen LogP contribution in [0.1, 0.15) is 29.4 Å². The van der Waals surface area contributed by atoms with Crippen molar-refractivity contribution < 1.29 is 9.84 Å². The van der Waals surface area contributed by atoms with Gasteiger partial charge in [0.1, 0.15) is 5.75 Å². The highest BCUT2D eigenvalue weighted by molar-refractivity contribution is 5.22. The molecular weight excluding hydrogens is 524 g/mol. The molecular formula is C34H46N6O2. The van der Waals surface area contributed by atoms with Crippen molar-refractivity contribution in [2.75, 3.05) is 39.9 Å². The Labute approximate surface area is 251 Å². The van der Waals surface area contributed by atoms with Gasteiger partial charge in [-0.3, -0.25) is 14.9 Å². The van der Waals surface area contributed by atoms with E-state index in [4.69, 9.17) is 9.84 Å². The number of nitrogens with zero attached hydrogens (tertiary/aromatic N) is 3. The Bertz CT molecular complexity index is 1150. The van der Waals surface area contributed by atoms with E-state index in [1.165, 1.54) is 11.1 Å². The first-order chi connectivity index (χ1) is 20.6. The maximum atomic E-state index is 8.63. The molecule has 0 spiro atoms. The van der Waals surface area contributed by atoms with Gasteiger partial charge in [0.05, 0.1) is 18.0 Å². The molecule has 0 amide bonds. The summed E-state index contributed by atoms with van der Waals surface area (Å²) in [6.07, 6.45) is 3.68. The minimum atomic E-state index is 0.322. The summed E-state index contributed by atoms with van der Waals surface area (Å²) in [7, 11) is 1.74. The lowest BCUT2D eigenvalue weighted by atomic mass is 10.1. The first-order valence-electron chi connectivity index (χ1n) is 14.6. The molecule has 2 aromatic carbocycles. The van der Waals surface area contributed by atoms with Crippen LogP contribution in [0.3, 0.4) is 0 Å². The lowest BCUT2D eigenvalue weighted by Crippen LogP contribution is -2.36. The number of pyridine rings is 2. The van der Waals surface area contributed by atoms with Gasteiger partial charge in [-0.2, -0.15) is 0 Å². The molecule has 0 aliphatic heterocycles. The van der Waals surface area contributed by atoms with Crippen LogP contribution >= 0.6 is 0 Å². The van der Waals surface area contributed by atoms with E-state index in [0.29, 0.717) is 11.8 Å². The van der Waals surface area contributed by atoms with Crippen molar-refractivity contribution in [3.05, 3.63) is 126 Å². The quantitative estimate of drug-likeness (QED) is 0.139. The van der Waals surface area contributed by atoms with Crippen molar-refractivity contribution in [3.8, 4) is 5.75 Å². The van der Waals surface area contributed by atoms with Crippen LogP contribution in [0, 0.1) is 0 Å². The smallest absolute Gasteiger partial charge is 0.115 e. The van der Waals surface area contributed by atoms with Gasteiger partial charge in [0.15, 0.2) is 0 Å². The number of aromatic nitrogens is 2. The number of aromatic hydroxyl groups is 1. The van der Waals surface area contributed by atoms with Gasteiger partial charge in [0, 0.05) is 77.9 Å². The molecule has 0 bridgehead atoms. The maximum Gasteiger partial charge on any atom is 0.115 e. The summed E-state index contributed by atoms with van der Waals surface area (Å²) >= 11 is 0. The monoisotopic (exact) mass is 570 g/mol. The number of phenolic OH excluding ortho intramolecular Hbond substituents is 1. The van der Waals surface area contributed by atoms with E-state index in [1.807, 2.05) is 42.7 Å². The van der Waals surface area contributed by atoms with Crippen LogP contribution in [-0.2, 0) is 30.9 Å². The summed E-state index contributed by atoms with van der Waals surface area (Å²) in [6.45, 7) is 9.97. The van der Waals surface area contributed by atoms with E-state index in [0.717, 1.165) is 70.4 Å². The molecule has 1 atom stereocenters. The van der Waals surface area contributed by atoms with Gasteiger partial charge in [-0.1, -0.05) is 54.6 Å². The number of para-hydroxylation sites is 1. The standard InChI is InChI=1S/C28H40N6O.C6H6O/c1-24(23-35-2)33-19-25-9-11-26(12-10-25)22-34(17-15-29-20-27-7-3-5-13-31-27)18-16-30-21-28-8-4-6-14-32-28;7-6-4-2-1-3-5-6/h3-14,24,29-30,33H,15-23H2,1-2H3;1-5,7H. The van der Waals surface area contributed by atoms with E-state index in [-0.39, 0.29) is 0 Å². The fourth-order valence-electron chi connectivity index (χ4n) is 4.23. The largest absolute Gasteiger partial charge is 0.508 e. The lowest BCUT2D eigenvalue weighted by molar-refractivity contribution is 0.171. The second-order valence-electron chi connectivity index (χ2n) is 10.2. The fourth-order valence-corrected chi connectivity index (χ4v) is 4.23. The molecule has 8 nitrogen and oxygen atoms in total. The Balaban J connectivity index is 0.000000603. The van der Waals surface area contributed by atoms with Gasteiger partial charge in [-0.05, 0) is 54.4 Å². The van der Waals surface area contributed by atoms with Crippen LogP contribution in [-0.4, -0.2) is 65.9 Å². The normalized spacial score (nSPS) is 11.6. The third-order valence-corrected chi connectivity index (χ3v) is 6.53. The van der Waals surface area contributed by atoms with E-state index >= 15 is 0 Å². The summed E-state index contributed by atoms with van der Waals surface area (Å²) in [5.41, 5.74) is 4.76. The van der Waals surface area contributed by atoms with Gasteiger partial charge in [-0.15, -0.1) is 0 Å². The van der Waals surface area contributed by atoms with E-state index < -0.39 is 0 Å². The molecule has 0 aliphatic rings. The number of benzene rings is 2. The second kappa shape index (κ2) is 20.3. The Hall–Kier alpha value is -3.66. The molecule has 0 aliphatic carbocycles. The molecule has 0 saturated heterocycles. The highest BCUT2D eigenvalue weighted by atomic mass is 16.5. The molecule has 42 heavy (non-hydrogen) atoms. The van der Waals surface area contributed by atoms with E-state index in [1.54, 1.807) is 31.4 Å². The molecule has 0 radical (unpaired) electrons. The summed E-state index contributed by atoms with van der Waals surface area (Å²) in [5.74, 6) is 0.322. The zero-order valence-electron chi connectivity index (χ0n) is 25.0. The minimum absolute atomic E-state index is 0.322. The number of ether oxygens (including phenoxy) is 1. The van der Waals surface area contributed by atoms with Crippen LogP contribution in [0.4, 0.5) is 0 Å². The zero-order valence-corrected chi connectivity index (χ0v) is 25.0. The summed E-state index contributed by atoms with van der Waals surface area (Å²) in [5, 5.41) is 19.2. The van der Waals surface area contributed by atoms with Gasteiger partial charge >= 0.3 is 0 Å². The minimum Gasteiger partial charge on any atom is -0.508 e. The van der Waals surface area contributed by atoms with Crippen molar-refractivity contribution >= 4 is 0 Å². The van der Waals surface area contributed by atoms with Gasteiger partial charge < -0.3 is 25.8 Å². The average molecular weight is 571 g/mol. The molecule has 0 fully saturated rings. The molecule has 2 heterocycles. The van der Waals surface area contributed by atoms with Gasteiger partial charge in [0.2, 0.25) is 0 Å². The number of phenols is 1. The van der Waals surface area contributed by atoms with Gasteiger partial charge in [0.25, 0.3) is 0 Å². The molecule has 0 saturated carbocycles. The first kappa shape index (κ1) is 32.8. The number of nitrogens with one attached hydrogen (secondary N) is 3. The lowest BCUT2D eigenvalue weighted by Gasteiger charge is -2.23. The van der Waals surface area contributed by atoms with Crippen LogP contribution in [0.5, 0.6) is 5.75 Å². The van der Waals surface area contributed by atoms with E-state index in [9.17, 15) is 0 Å². The van der Waals surface area contributed by atoms with Crippen LogP contribution in [0.2, 0.25) is 0 Å². The maximum absolute atomic E-state index is 8.63. The van der Waals surface area contributed by atoms with Crippen molar-refractivity contribution in [1.82, 2.24) is 30.8 Å². The van der Waals surface area contributed by atoms with Crippen molar-refractivity contribution in [2.45, 2.75) is 39.1 Å². The SMILES string of the molecule is COCC(C)NCc1ccc(CN(CCNCc2ccccn2)CCNCc2ccccn2)cc1.Oc1ccccc1. The van der Waals surface area contributed by atoms with Crippen molar-refractivity contribution in [3.63, 3.8) is 0 Å². The van der Waals surface area contributed by atoms with Gasteiger partial charge in [-0.25, -0.2) is 0 Å². The number of hydrogen-bond acceptors (Lipinski definition) is 8. The van der Waals surface area contributed by atoms with Crippen molar-refractivity contribution in [1.29, 1.82) is 0 Å². The highest BCUT2D eigenvalue weighted by Crippen LogP contribution is 2.08. The molecule has 224 valence electrons. The number of hydrogen-bond donors (Lipinski definition) is 4. The summed E-state index contributed by atoms with van der Waals surface area (Å²) < 4.78 is 5.20. The second-order valence-corrected chi connectivity index (χ2v) is 10.2. The first-order valence-corrected chi connectivity index (χ1v) is 14.6. The Kier molecular flexibility index (Phi) is 15.8. The zero-order chi connectivity index (χ0) is 29.7. The third-order valence-electron chi connectivity index (χ3n) is 6.53. The van der Waals surface area contributed by atoms with E-state index in [2.05, 4.69) is 74.1 Å². The third kappa shape index (κ3) is 14.3. The topological polar surface area (TPSA) is 94.6 Å². The highest BCUT2D eigenvalue weighted by Gasteiger charge is 2.07. The molecule has 1 unspecified atom stereocenters. The molecule has 8 heteroatoms. The predicted molar refractivity (Wildman–Crippen MR) is 170 cm³/mol. The van der Waals surface area contributed by atoms with Crippen molar-refractivity contribution in [2.24, 2.45) is 0 Å². The number of methoxy groups -OCH3 is 1. The molecule has 4 rings (SSSR count). The molecule has 2 aromatic heterocycles. The Morgan fingerprint density at radius 1 is 0.714 bits per heavy atom. The number of rotatable bonds is 17.